The van der Waals surface area contributed by atoms with Crippen molar-refractivity contribution in [3.63, 3.8) is 0 Å². The predicted molar refractivity (Wildman–Crippen MR) is 86.1 cm³/mol. The molecule has 0 radical (unpaired) electrons. The van der Waals surface area contributed by atoms with Crippen molar-refractivity contribution in [2.45, 2.75) is 45.2 Å². The number of likely N-dealkylation sites (N-methyl/N-ethyl adjacent to an activating group) is 1. The van der Waals surface area contributed by atoms with Gasteiger partial charge in [-0.3, -0.25) is 4.79 Å². The van der Waals surface area contributed by atoms with Gasteiger partial charge in [-0.1, -0.05) is 45.0 Å². The van der Waals surface area contributed by atoms with Gasteiger partial charge >= 0.3 is 0 Å². The van der Waals surface area contributed by atoms with E-state index in [0.29, 0.717) is 19.6 Å². The molecule has 0 heterocycles. The van der Waals surface area contributed by atoms with E-state index in [-0.39, 0.29) is 11.3 Å². The zero-order chi connectivity index (χ0) is 16.0. The Morgan fingerprint density at radius 1 is 1.29 bits per heavy atom. The predicted octanol–water partition coefficient (Wildman–Crippen LogP) is 2.31. The molecule has 0 fully saturated rings. The summed E-state index contributed by atoms with van der Waals surface area (Å²) in [7, 11) is 3.39. The summed E-state index contributed by atoms with van der Waals surface area (Å²) in [5.74, 6) is -0.0491. The van der Waals surface area contributed by atoms with E-state index in [4.69, 9.17) is 10.5 Å². The zero-order valence-electron chi connectivity index (χ0n) is 13.8. The first-order valence-electron chi connectivity index (χ1n) is 7.34. The summed E-state index contributed by atoms with van der Waals surface area (Å²) in [5, 5.41) is 0. The van der Waals surface area contributed by atoms with Crippen LogP contribution in [0, 0.1) is 0 Å². The highest BCUT2D eigenvalue weighted by Gasteiger charge is 2.18. The van der Waals surface area contributed by atoms with Crippen molar-refractivity contribution < 1.29 is 9.53 Å². The van der Waals surface area contributed by atoms with Crippen LogP contribution in [0.1, 0.15) is 38.3 Å². The molecule has 0 aliphatic heterocycles. The largest absolute Gasteiger partial charge is 0.385 e. The fraction of sp³-hybridized carbons (Fsp3) is 0.588. The highest BCUT2D eigenvalue weighted by molar-refractivity contribution is 5.81. The molecule has 1 aromatic rings. The zero-order valence-corrected chi connectivity index (χ0v) is 13.8. The van der Waals surface area contributed by atoms with Gasteiger partial charge in [0.05, 0.1) is 6.04 Å². The second-order valence-corrected chi connectivity index (χ2v) is 6.53. The summed E-state index contributed by atoms with van der Waals surface area (Å²) in [4.78, 5) is 13.8. The SMILES string of the molecule is COCCC(N)C(=O)N(C)Cc1ccc(C(C)(C)C)cc1. The highest BCUT2D eigenvalue weighted by atomic mass is 16.5. The minimum Gasteiger partial charge on any atom is -0.385 e. The molecule has 0 aromatic heterocycles. The van der Waals surface area contributed by atoms with Crippen molar-refractivity contribution in [2.75, 3.05) is 20.8 Å². The molecule has 118 valence electrons. The van der Waals surface area contributed by atoms with Crippen LogP contribution in [0.25, 0.3) is 0 Å². The number of benzene rings is 1. The summed E-state index contributed by atoms with van der Waals surface area (Å²) >= 11 is 0. The Balaban J connectivity index is 2.62. The number of hydrogen-bond acceptors (Lipinski definition) is 3. The summed E-state index contributed by atoms with van der Waals surface area (Å²) in [6.45, 7) is 7.64. The van der Waals surface area contributed by atoms with Crippen molar-refractivity contribution in [2.24, 2.45) is 5.73 Å². The minimum atomic E-state index is -0.496. The molecule has 1 rings (SSSR count). The molecule has 4 nitrogen and oxygen atoms in total. The van der Waals surface area contributed by atoms with Crippen molar-refractivity contribution in [3.05, 3.63) is 35.4 Å². The molecule has 4 heteroatoms. The summed E-state index contributed by atoms with van der Waals surface area (Å²) in [6, 6.07) is 7.90. The van der Waals surface area contributed by atoms with Crippen LogP contribution in [-0.4, -0.2) is 37.6 Å². The molecule has 1 unspecified atom stereocenters. The van der Waals surface area contributed by atoms with Crippen LogP contribution in [0.4, 0.5) is 0 Å². The second-order valence-electron chi connectivity index (χ2n) is 6.53. The number of nitrogens with zero attached hydrogens (tertiary/aromatic N) is 1. The lowest BCUT2D eigenvalue weighted by atomic mass is 9.87. The van der Waals surface area contributed by atoms with Crippen molar-refractivity contribution in [3.8, 4) is 0 Å². The van der Waals surface area contributed by atoms with E-state index in [0.717, 1.165) is 5.56 Å². The van der Waals surface area contributed by atoms with Crippen LogP contribution in [0.3, 0.4) is 0 Å². The summed E-state index contributed by atoms with van der Waals surface area (Å²) in [6.07, 6.45) is 0.544. The van der Waals surface area contributed by atoms with Crippen LogP contribution >= 0.6 is 0 Å². The molecular weight excluding hydrogens is 264 g/mol. The van der Waals surface area contributed by atoms with Gasteiger partial charge in [0.1, 0.15) is 0 Å². The van der Waals surface area contributed by atoms with Gasteiger partial charge in [0.2, 0.25) is 5.91 Å². The number of ether oxygens (including phenoxy) is 1. The Hall–Kier alpha value is -1.39. The molecule has 0 bridgehead atoms. The van der Waals surface area contributed by atoms with Gasteiger partial charge in [-0.25, -0.2) is 0 Å². The van der Waals surface area contributed by atoms with E-state index < -0.39 is 6.04 Å². The number of hydrogen-bond donors (Lipinski definition) is 1. The van der Waals surface area contributed by atoms with E-state index in [9.17, 15) is 4.79 Å². The smallest absolute Gasteiger partial charge is 0.239 e. The fourth-order valence-electron chi connectivity index (χ4n) is 2.11. The van der Waals surface area contributed by atoms with Crippen LogP contribution in [-0.2, 0) is 21.5 Å². The second kappa shape index (κ2) is 7.57. The maximum Gasteiger partial charge on any atom is 0.239 e. The van der Waals surface area contributed by atoms with Crippen LogP contribution in [0.2, 0.25) is 0 Å². The molecule has 1 atom stereocenters. The van der Waals surface area contributed by atoms with E-state index >= 15 is 0 Å². The number of nitrogens with two attached hydrogens (primary N) is 1. The van der Waals surface area contributed by atoms with Crippen LogP contribution in [0.5, 0.6) is 0 Å². The molecule has 0 aliphatic rings. The minimum absolute atomic E-state index is 0.0491. The lowest BCUT2D eigenvalue weighted by Gasteiger charge is -2.22. The standard InChI is InChI=1S/C17H28N2O2/c1-17(2,3)14-8-6-13(7-9-14)12-19(4)16(20)15(18)10-11-21-5/h6-9,15H,10-12,18H2,1-5H3. The van der Waals surface area contributed by atoms with Gasteiger partial charge in [-0.05, 0) is 23.0 Å². The van der Waals surface area contributed by atoms with Crippen molar-refractivity contribution in [1.29, 1.82) is 0 Å². The molecule has 0 spiro atoms. The number of amides is 1. The third kappa shape index (κ3) is 5.48. The van der Waals surface area contributed by atoms with Crippen LogP contribution < -0.4 is 5.73 Å². The molecule has 0 saturated heterocycles. The quantitative estimate of drug-likeness (QED) is 0.875. The Morgan fingerprint density at radius 3 is 2.33 bits per heavy atom. The highest BCUT2D eigenvalue weighted by Crippen LogP contribution is 2.22. The normalized spacial score (nSPS) is 13.0. The Morgan fingerprint density at radius 2 is 1.86 bits per heavy atom. The lowest BCUT2D eigenvalue weighted by molar-refractivity contribution is -0.132. The molecule has 1 amide bonds. The first kappa shape index (κ1) is 17.7. The molecular formula is C17H28N2O2. The van der Waals surface area contributed by atoms with Crippen molar-refractivity contribution >= 4 is 5.91 Å². The van der Waals surface area contributed by atoms with E-state index in [1.807, 2.05) is 0 Å². The number of rotatable bonds is 6. The van der Waals surface area contributed by atoms with Gasteiger partial charge in [-0.2, -0.15) is 0 Å². The fourth-order valence-corrected chi connectivity index (χ4v) is 2.11. The Bertz CT molecular complexity index is 449. The molecule has 0 aliphatic carbocycles. The van der Waals surface area contributed by atoms with Gasteiger partial charge in [0, 0.05) is 27.3 Å². The summed E-state index contributed by atoms with van der Waals surface area (Å²) in [5.41, 5.74) is 8.41. The van der Waals surface area contributed by atoms with Gasteiger partial charge in [0.25, 0.3) is 0 Å². The van der Waals surface area contributed by atoms with Gasteiger partial charge in [-0.15, -0.1) is 0 Å². The molecule has 21 heavy (non-hydrogen) atoms. The third-order valence-corrected chi connectivity index (χ3v) is 3.57. The van der Waals surface area contributed by atoms with E-state index in [1.54, 1.807) is 19.1 Å². The Labute approximate surface area is 128 Å². The van der Waals surface area contributed by atoms with E-state index in [1.165, 1.54) is 5.56 Å². The lowest BCUT2D eigenvalue weighted by Crippen LogP contribution is -2.42. The molecule has 1 aromatic carbocycles. The first-order valence-corrected chi connectivity index (χ1v) is 7.34. The third-order valence-electron chi connectivity index (χ3n) is 3.57. The average molecular weight is 292 g/mol. The maximum atomic E-state index is 12.1. The van der Waals surface area contributed by atoms with Crippen molar-refractivity contribution in [1.82, 2.24) is 4.90 Å². The van der Waals surface area contributed by atoms with Crippen LogP contribution in [0.15, 0.2) is 24.3 Å². The molecule has 2 N–H and O–H groups in total. The van der Waals surface area contributed by atoms with E-state index in [2.05, 4.69) is 45.0 Å². The molecule has 0 saturated carbocycles. The topological polar surface area (TPSA) is 55.6 Å². The number of carbonyl (C=O) groups excluding carboxylic acids is 1. The number of methoxy groups -OCH3 is 1. The average Bonchev–Trinajstić information content (AvgIpc) is 2.43. The monoisotopic (exact) mass is 292 g/mol. The first-order chi connectivity index (χ1) is 9.75. The Kier molecular flexibility index (Phi) is 6.37. The van der Waals surface area contributed by atoms with Gasteiger partial charge < -0.3 is 15.4 Å². The number of carbonyl (C=O) groups is 1. The maximum absolute atomic E-state index is 12.1. The van der Waals surface area contributed by atoms with Gasteiger partial charge in [0.15, 0.2) is 0 Å². The summed E-state index contributed by atoms with van der Waals surface area (Å²) < 4.78 is 4.95.